The van der Waals surface area contributed by atoms with Crippen LogP contribution in [0.3, 0.4) is 0 Å². The van der Waals surface area contributed by atoms with Gasteiger partial charge in [-0.3, -0.25) is 9.80 Å². The minimum absolute atomic E-state index is 0.162. The van der Waals surface area contributed by atoms with Gasteiger partial charge in [0.05, 0.1) is 12.1 Å². The fourth-order valence-electron chi connectivity index (χ4n) is 3.14. The van der Waals surface area contributed by atoms with Crippen LogP contribution < -0.4 is 5.73 Å². The van der Waals surface area contributed by atoms with Crippen molar-refractivity contribution in [1.82, 2.24) is 9.80 Å². The smallest absolute Gasteiger partial charge is 0.0663 e. The van der Waals surface area contributed by atoms with Gasteiger partial charge < -0.3 is 10.5 Å². The van der Waals surface area contributed by atoms with Crippen LogP contribution in [0.15, 0.2) is 0 Å². The van der Waals surface area contributed by atoms with Gasteiger partial charge >= 0.3 is 0 Å². The van der Waals surface area contributed by atoms with Crippen LogP contribution in [0.2, 0.25) is 0 Å². The molecule has 1 unspecified atom stereocenters. The fourth-order valence-corrected chi connectivity index (χ4v) is 3.14. The predicted octanol–water partition coefficient (Wildman–Crippen LogP) is -0.116. The topological polar surface area (TPSA) is 41.7 Å². The largest absolute Gasteiger partial charge is 0.379 e. The van der Waals surface area contributed by atoms with E-state index >= 15 is 0 Å². The monoisotopic (exact) mass is 225 g/mol. The second-order valence-electron chi connectivity index (χ2n) is 5.49. The Bertz CT molecular complexity index is 241. The van der Waals surface area contributed by atoms with Crippen molar-refractivity contribution >= 4 is 0 Å². The van der Waals surface area contributed by atoms with Crippen LogP contribution >= 0.6 is 0 Å². The lowest BCUT2D eigenvalue weighted by atomic mass is 9.95. The quantitative estimate of drug-likeness (QED) is 0.727. The molecule has 4 nitrogen and oxygen atoms in total. The molecule has 0 aromatic rings. The van der Waals surface area contributed by atoms with Crippen molar-refractivity contribution in [3.63, 3.8) is 0 Å². The van der Waals surface area contributed by atoms with Crippen molar-refractivity contribution in [2.75, 3.05) is 45.9 Å². The number of piperazine rings is 1. The summed E-state index contributed by atoms with van der Waals surface area (Å²) in [7, 11) is 0. The van der Waals surface area contributed by atoms with E-state index in [0.29, 0.717) is 0 Å². The lowest BCUT2D eigenvalue weighted by Crippen LogP contribution is -2.60. The van der Waals surface area contributed by atoms with E-state index in [1.165, 1.54) is 39.0 Å². The summed E-state index contributed by atoms with van der Waals surface area (Å²) in [6.07, 6.45) is 3.96. The second-order valence-corrected chi connectivity index (χ2v) is 5.49. The van der Waals surface area contributed by atoms with E-state index in [1.54, 1.807) is 0 Å². The summed E-state index contributed by atoms with van der Waals surface area (Å²) in [5.74, 6) is 0. The molecule has 2 heterocycles. The van der Waals surface area contributed by atoms with Crippen molar-refractivity contribution in [1.29, 1.82) is 0 Å². The van der Waals surface area contributed by atoms with Crippen LogP contribution in [0.4, 0.5) is 0 Å². The number of hydrogen-bond acceptors (Lipinski definition) is 4. The predicted molar refractivity (Wildman–Crippen MR) is 63.4 cm³/mol. The van der Waals surface area contributed by atoms with Crippen molar-refractivity contribution in [2.45, 2.75) is 30.8 Å². The SMILES string of the molecule is NCC1(N2CCN(C3CC3)CC2)CCOC1. The van der Waals surface area contributed by atoms with E-state index in [9.17, 15) is 0 Å². The Labute approximate surface area is 97.7 Å². The lowest BCUT2D eigenvalue weighted by molar-refractivity contribution is 0.0251. The molecule has 92 valence electrons. The summed E-state index contributed by atoms with van der Waals surface area (Å²) in [4.78, 5) is 5.23. The van der Waals surface area contributed by atoms with Crippen molar-refractivity contribution in [2.24, 2.45) is 5.73 Å². The lowest BCUT2D eigenvalue weighted by Gasteiger charge is -2.44. The Kier molecular flexibility index (Phi) is 2.92. The zero-order valence-corrected chi connectivity index (χ0v) is 10.0. The highest BCUT2D eigenvalue weighted by Gasteiger charge is 2.42. The van der Waals surface area contributed by atoms with Gasteiger partial charge in [-0.2, -0.15) is 0 Å². The molecular weight excluding hydrogens is 202 g/mol. The van der Waals surface area contributed by atoms with E-state index in [0.717, 1.165) is 32.2 Å². The minimum Gasteiger partial charge on any atom is -0.379 e. The van der Waals surface area contributed by atoms with Crippen LogP contribution in [0.5, 0.6) is 0 Å². The van der Waals surface area contributed by atoms with Gasteiger partial charge in [-0.1, -0.05) is 0 Å². The third-order valence-electron chi connectivity index (χ3n) is 4.51. The van der Waals surface area contributed by atoms with E-state index < -0.39 is 0 Å². The Morgan fingerprint density at radius 2 is 1.94 bits per heavy atom. The van der Waals surface area contributed by atoms with Gasteiger partial charge in [-0.05, 0) is 19.3 Å². The highest BCUT2D eigenvalue weighted by Crippen LogP contribution is 2.31. The Hall–Kier alpha value is -0.160. The summed E-state index contributed by atoms with van der Waals surface area (Å²) >= 11 is 0. The second kappa shape index (κ2) is 4.26. The molecule has 3 fully saturated rings. The average Bonchev–Trinajstić information content (AvgIpc) is 3.08. The number of ether oxygens (including phenoxy) is 1. The van der Waals surface area contributed by atoms with E-state index in [1.807, 2.05) is 0 Å². The van der Waals surface area contributed by atoms with Crippen LogP contribution in [-0.2, 0) is 4.74 Å². The first-order valence-corrected chi connectivity index (χ1v) is 6.61. The van der Waals surface area contributed by atoms with Crippen LogP contribution in [-0.4, -0.2) is 67.3 Å². The molecule has 1 saturated carbocycles. The Balaban J connectivity index is 1.59. The van der Waals surface area contributed by atoms with Crippen LogP contribution in [0, 0.1) is 0 Å². The fraction of sp³-hybridized carbons (Fsp3) is 1.00. The third kappa shape index (κ3) is 1.88. The number of rotatable bonds is 3. The number of nitrogens with two attached hydrogens (primary N) is 1. The van der Waals surface area contributed by atoms with Crippen molar-refractivity contribution in [3.05, 3.63) is 0 Å². The first-order valence-electron chi connectivity index (χ1n) is 6.61. The molecule has 0 aromatic heterocycles. The molecule has 1 aliphatic carbocycles. The van der Waals surface area contributed by atoms with Crippen molar-refractivity contribution in [3.8, 4) is 0 Å². The van der Waals surface area contributed by atoms with Gasteiger partial charge in [0.1, 0.15) is 0 Å². The highest BCUT2D eigenvalue weighted by molar-refractivity contribution is 4.98. The molecule has 1 atom stereocenters. The van der Waals surface area contributed by atoms with E-state index in [2.05, 4.69) is 9.80 Å². The normalized spacial score (nSPS) is 38.1. The molecule has 2 aliphatic heterocycles. The van der Waals surface area contributed by atoms with Gasteiger partial charge in [0.15, 0.2) is 0 Å². The molecule has 0 aromatic carbocycles. The van der Waals surface area contributed by atoms with Gasteiger partial charge in [-0.25, -0.2) is 0 Å². The Morgan fingerprint density at radius 3 is 2.44 bits per heavy atom. The molecule has 2 N–H and O–H groups in total. The molecule has 0 spiro atoms. The summed E-state index contributed by atoms with van der Waals surface area (Å²) in [5, 5.41) is 0. The van der Waals surface area contributed by atoms with E-state index in [-0.39, 0.29) is 5.54 Å². The zero-order valence-electron chi connectivity index (χ0n) is 10.0. The molecule has 3 rings (SSSR count). The molecule has 3 aliphatic rings. The van der Waals surface area contributed by atoms with E-state index in [4.69, 9.17) is 10.5 Å². The van der Waals surface area contributed by atoms with Gasteiger partial charge in [0.2, 0.25) is 0 Å². The summed E-state index contributed by atoms with van der Waals surface area (Å²) in [5.41, 5.74) is 6.13. The zero-order chi connectivity index (χ0) is 11.0. The minimum atomic E-state index is 0.162. The average molecular weight is 225 g/mol. The van der Waals surface area contributed by atoms with Gasteiger partial charge in [0, 0.05) is 45.4 Å². The Morgan fingerprint density at radius 1 is 1.19 bits per heavy atom. The molecule has 0 bridgehead atoms. The summed E-state index contributed by atoms with van der Waals surface area (Å²) in [6.45, 7) is 7.29. The molecule has 0 amide bonds. The number of nitrogens with zero attached hydrogens (tertiary/aromatic N) is 2. The van der Waals surface area contributed by atoms with Gasteiger partial charge in [-0.15, -0.1) is 0 Å². The van der Waals surface area contributed by atoms with Gasteiger partial charge in [0.25, 0.3) is 0 Å². The summed E-state index contributed by atoms with van der Waals surface area (Å²) < 4.78 is 5.56. The first-order chi connectivity index (χ1) is 7.84. The molecule has 2 saturated heterocycles. The third-order valence-corrected chi connectivity index (χ3v) is 4.51. The van der Waals surface area contributed by atoms with Crippen molar-refractivity contribution < 1.29 is 4.74 Å². The highest BCUT2D eigenvalue weighted by atomic mass is 16.5. The maximum Gasteiger partial charge on any atom is 0.0663 e. The first kappa shape index (κ1) is 11.0. The van der Waals surface area contributed by atoms with Crippen LogP contribution in [0.1, 0.15) is 19.3 Å². The molecule has 0 radical (unpaired) electrons. The molecular formula is C12H23N3O. The molecule has 16 heavy (non-hydrogen) atoms. The molecule has 4 heteroatoms. The maximum absolute atomic E-state index is 5.97. The van der Waals surface area contributed by atoms with Crippen LogP contribution in [0.25, 0.3) is 0 Å². The standard InChI is InChI=1S/C12H23N3O/c13-9-12(3-8-16-10-12)15-6-4-14(5-7-15)11-1-2-11/h11H,1-10,13H2. The summed E-state index contributed by atoms with van der Waals surface area (Å²) in [6, 6.07) is 0.913. The number of hydrogen-bond donors (Lipinski definition) is 1. The maximum atomic E-state index is 5.97.